The molecule has 7 nitrogen and oxygen atoms in total. The van der Waals surface area contributed by atoms with Crippen LogP contribution in [0.15, 0.2) is 72.3 Å². The third kappa shape index (κ3) is 6.14. The topological polar surface area (TPSA) is 85.3 Å². The van der Waals surface area contributed by atoms with Gasteiger partial charge in [0.15, 0.2) is 0 Å². The van der Waals surface area contributed by atoms with Crippen LogP contribution in [0, 0.1) is 12.8 Å². The Bertz CT molecular complexity index is 1410. The normalized spacial score (nSPS) is 16.6. The van der Waals surface area contributed by atoms with E-state index in [0.29, 0.717) is 53.2 Å². The van der Waals surface area contributed by atoms with Crippen LogP contribution in [-0.2, 0) is 9.59 Å². The highest BCUT2D eigenvalue weighted by molar-refractivity contribution is 6.51. The van der Waals surface area contributed by atoms with Gasteiger partial charge in [0.1, 0.15) is 23.0 Å². The molecule has 7 heteroatoms. The van der Waals surface area contributed by atoms with Gasteiger partial charge < -0.3 is 19.3 Å². The van der Waals surface area contributed by atoms with Crippen molar-refractivity contribution in [2.45, 2.75) is 53.7 Å². The van der Waals surface area contributed by atoms with Gasteiger partial charge >= 0.3 is 0 Å². The Kier molecular flexibility index (Phi) is 8.83. The third-order valence-electron chi connectivity index (χ3n) is 6.44. The molecule has 0 saturated carbocycles. The van der Waals surface area contributed by atoms with Crippen molar-refractivity contribution in [3.05, 3.63) is 89.0 Å². The number of benzene rings is 3. The van der Waals surface area contributed by atoms with Gasteiger partial charge in [0.25, 0.3) is 11.7 Å². The van der Waals surface area contributed by atoms with Gasteiger partial charge in [0.05, 0.1) is 30.9 Å². The smallest absolute Gasteiger partial charge is 0.300 e. The molecule has 1 amide bonds. The molecule has 3 aromatic carbocycles. The van der Waals surface area contributed by atoms with E-state index in [4.69, 9.17) is 14.2 Å². The van der Waals surface area contributed by atoms with E-state index in [1.54, 1.807) is 54.6 Å². The zero-order chi connectivity index (χ0) is 29.0. The van der Waals surface area contributed by atoms with E-state index < -0.39 is 17.7 Å². The van der Waals surface area contributed by atoms with Crippen LogP contribution < -0.4 is 19.1 Å². The van der Waals surface area contributed by atoms with Crippen LogP contribution in [0.4, 0.5) is 5.69 Å². The van der Waals surface area contributed by atoms with Crippen LogP contribution >= 0.6 is 0 Å². The van der Waals surface area contributed by atoms with Gasteiger partial charge in [-0.3, -0.25) is 14.5 Å². The largest absolute Gasteiger partial charge is 0.507 e. The molecule has 0 spiro atoms. The van der Waals surface area contributed by atoms with Gasteiger partial charge in [-0.25, -0.2) is 0 Å². The van der Waals surface area contributed by atoms with Crippen LogP contribution in [0.1, 0.15) is 57.4 Å². The van der Waals surface area contributed by atoms with Gasteiger partial charge in [0, 0.05) is 17.3 Å². The Morgan fingerprint density at radius 2 is 1.65 bits per heavy atom. The molecule has 4 rings (SSSR count). The number of nitrogens with zero attached hydrogens (tertiary/aromatic N) is 1. The quantitative estimate of drug-likeness (QED) is 0.171. The van der Waals surface area contributed by atoms with E-state index in [-0.39, 0.29) is 17.4 Å². The molecule has 1 aliphatic rings. The highest BCUT2D eigenvalue weighted by Gasteiger charge is 2.47. The number of aliphatic hydroxyl groups excluding tert-OH is 1. The summed E-state index contributed by atoms with van der Waals surface area (Å²) in [4.78, 5) is 28.5. The molecule has 1 aliphatic heterocycles. The maximum Gasteiger partial charge on any atom is 0.300 e. The second-order valence-electron chi connectivity index (χ2n) is 10.5. The predicted molar refractivity (Wildman–Crippen MR) is 156 cm³/mol. The Morgan fingerprint density at radius 3 is 2.27 bits per heavy atom. The number of aryl methyl sites for hydroxylation is 1. The first-order chi connectivity index (χ1) is 19.1. The predicted octanol–water partition coefficient (Wildman–Crippen LogP) is 6.84. The van der Waals surface area contributed by atoms with Gasteiger partial charge in [-0.15, -0.1) is 0 Å². The molecular weight excluding hydrogens is 506 g/mol. The highest BCUT2D eigenvalue weighted by Crippen LogP contribution is 2.43. The first-order valence-electron chi connectivity index (χ1n) is 13.6. The molecule has 1 fully saturated rings. The number of hydrogen-bond donors (Lipinski definition) is 1. The third-order valence-corrected chi connectivity index (χ3v) is 6.44. The Morgan fingerprint density at radius 1 is 0.925 bits per heavy atom. The minimum Gasteiger partial charge on any atom is -0.507 e. The van der Waals surface area contributed by atoms with Crippen LogP contribution in [0.2, 0.25) is 0 Å². The first-order valence-corrected chi connectivity index (χ1v) is 13.6. The second-order valence-corrected chi connectivity index (χ2v) is 10.5. The first kappa shape index (κ1) is 28.7. The lowest BCUT2D eigenvalue weighted by atomic mass is 9.94. The molecule has 40 heavy (non-hydrogen) atoms. The molecule has 1 N–H and O–H groups in total. The van der Waals surface area contributed by atoms with Crippen molar-refractivity contribution in [3.63, 3.8) is 0 Å². The van der Waals surface area contributed by atoms with E-state index in [1.807, 2.05) is 39.8 Å². The molecule has 1 saturated heterocycles. The van der Waals surface area contributed by atoms with Gasteiger partial charge in [0.2, 0.25) is 0 Å². The van der Waals surface area contributed by atoms with Crippen molar-refractivity contribution in [1.82, 2.24) is 0 Å². The molecule has 0 bridgehead atoms. The van der Waals surface area contributed by atoms with Gasteiger partial charge in [-0.05, 0) is 87.2 Å². The summed E-state index contributed by atoms with van der Waals surface area (Å²) < 4.78 is 17.3. The molecule has 1 atom stereocenters. The highest BCUT2D eigenvalue weighted by atomic mass is 16.5. The molecule has 1 heterocycles. The summed E-state index contributed by atoms with van der Waals surface area (Å²) in [6, 6.07) is 18.7. The van der Waals surface area contributed by atoms with E-state index >= 15 is 0 Å². The van der Waals surface area contributed by atoms with Crippen molar-refractivity contribution in [1.29, 1.82) is 0 Å². The van der Waals surface area contributed by atoms with Crippen molar-refractivity contribution in [3.8, 4) is 17.2 Å². The summed E-state index contributed by atoms with van der Waals surface area (Å²) >= 11 is 0. The summed E-state index contributed by atoms with van der Waals surface area (Å²) in [6.45, 7) is 12.8. The summed E-state index contributed by atoms with van der Waals surface area (Å²) in [7, 11) is 0. The fourth-order valence-electron chi connectivity index (χ4n) is 4.68. The van der Waals surface area contributed by atoms with E-state index in [0.717, 1.165) is 5.56 Å². The molecule has 0 aromatic heterocycles. The van der Waals surface area contributed by atoms with Crippen molar-refractivity contribution < 1.29 is 28.9 Å². The van der Waals surface area contributed by atoms with Crippen LogP contribution in [0.3, 0.4) is 0 Å². The van der Waals surface area contributed by atoms with Crippen molar-refractivity contribution in [2.24, 2.45) is 5.92 Å². The van der Waals surface area contributed by atoms with Gasteiger partial charge in [-0.1, -0.05) is 32.0 Å². The van der Waals surface area contributed by atoms with Crippen molar-refractivity contribution in [2.75, 3.05) is 18.1 Å². The summed E-state index contributed by atoms with van der Waals surface area (Å²) in [6.07, 6.45) is -0.00600. The molecular formula is C33H37NO6. The number of rotatable bonds is 10. The number of anilines is 1. The number of carbonyl (C=O) groups is 2. The second kappa shape index (κ2) is 12.3. The number of ether oxygens (including phenoxy) is 3. The number of amides is 1. The number of ketones is 1. The molecule has 3 aromatic rings. The van der Waals surface area contributed by atoms with E-state index in [9.17, 15) is 14.7 Å². The maximum absolute atomic E-state index is 13.6. The number of Topliss-reactive ketones (excluding diaryl/α,β-unsaturated/α-hetero) is 1. The zero-order valence-electron chi connectivity index (χ0n) is 23.9. The molecule has 0 aliphatic carbocycles. The molecule has 1 unspecified atom stereocenters. The summed E-state index contributed by atoms with van der Waals surface area (Å²) in [5.41, 5.74) is 2.41. The van der Waals surface area contributed by atoms with E-state index in [2.05, 4.69) is 13.8 Å². The number of carbonyl (C=O) groups excluding carboxylic acids is 2. The number of aliphatic hydroxyl groups is 1. The van der Waals surface area contributed by atoms with Crippen LogP contribution in [0.25, 0.3) is 5.76 Å². The SMILES string of the molecule is CCOc1cccc(N2C(=O)C(=O)/C(=C(/O)c3ccc(OCC(C)C)c(C)c3)C2c2ccc(OC(C)C)cc2)c1. The minimum atomic E-state index is -0.859. The van der Waals surface area contributed by atoms with Crippen LogP contribution in [0.5, 0.6) is 17.2 Å². The lowest BCUT2D eigenvalue weighted by Gasteiger charge is -2.26. The lowest BCUT2D eigenvalue weighted by Crippen LogP contribution is -2.29. The summed E-state index contributed by atoms with van der Waals surface area (Å²) in [5.74, 6) is 0.585. The fourth-order valence-corrected chi connectivity index (χ4v) is 4.68. The molecule has 210 valence electrons. The van der Waals surface area contributed by atoms with Crippen molar-refractivity contribution >= 4 is 23.1 Å². The van der Waals surface area contributed by atoms with E-state index in [1.165, 1.54) is 4.90 Å². The fraction of sp³-hybridized carbons (Fsp3) is 0.333. The lowest BCUT2D eigenvalue weighted by molar-refractivity contribution is -0.132. The minimum absolute atomic E-state index is 0.00600. The standard InChI is InChI=1S/C33H37NO6/c1-7-38-27-10-8-9-25(18-27)34-30(23-11-14-26(15-12-23)40-21(4)5)29(32(36)33(34)37)31(35)24-13-16-28(22(6)17-24)39-19-20(2)3/h8-18,20-21,30,35H,7,19H2,1-6H3/b31-29+. The summed E-state index contributed by atoms with van der Waals surface area (Å²) in [5, 5.41) is 11.5. The number of hydrogen-bond acceptors (Lipinski definition) is 6. The van der Waals surface area contributed by atoms with Crippen LogP contribution in [-0.4, -0.2) is 36.1 Å². The zero-order valence-corrected chi connectivity index (χ0v) is 23.9. The Balaban J connectivity index is 1.84. The monoisotopic (exact) mass is 543 g/mol. The average Bonchev–Trinajstić information content (AvgIpc) is 3.18. The van der Waals surface area contributed by atoms with Gasteiger partial charge in [-0.2, -0.15) is 0 Å². The Hall–Kier alpha value is -4.26. The Labute approximate surface area is 236 Å². The maximum atomic E-state index is 13.6. The molecule has 0 radical (unpaired) electrons. The average molecular weight is 544 g/mol.